The van der Waals surface area contributed by atoms with E-state index in [9.17, 15) is 18.4 Å². The maximum atomic E-state index is 13.6. The van der Waals surface area contributed by atoms with Crippen molar-refractivity contribution in [1.82, 2.24) is 4.90 Å². The minimum Gasteiger partial charge on any atom is -0.447 e. The fraction of sp³-hybridized carbons (Fsp3) is 0.158. The van der Waals surface area contributed by atoms with Gasteiger partial charge in [-0.05, 0) is 30.2 Å². The Morgan fingerprint density at radius 2 is 1.96 bits per heavy atom. The fourth-order valence-electron chi connectivity index (χ4n) is 2.64. The van der Waals surface area contributed by atoms with Crippen molar-refractivity contribution in [2.24, 2.45) is 0 Å². The van der Waals surface area contributed by atoms with Gasteiger partial charge in [0.25, 0.3) is 5.91 Å². The molecule has 1 saturated heterocycles. The normalized spacial score (nSPS) is 17.1. The van der Waals surface area contributed by atoms with Crippen molar-refractivity contribution >= 4 is 18.1 Å². The molecule has 0 bridgehead atoms. The zero-order valence-electron chi connectivity index (χ0n) is 13.2. The minimum atomic E-state index is -0.783. The lowest BCUT2D eigenvalue weighted by molar-refractivity contribution is -0.124. The Balaban J connectivity index is 1.74. The Bertz CT molecular complexity index is 821. The van der Waals surface area contributed by atoms with Gasteiger partial charge < -0.3 is 4.74 Å². The van der Waals surface area contributed by atoms with Gasteiger partial charge in [-0.1, -0.05) is 30.3 Å². The fourth-order valence-corrected chi connectivity index (χ4v) is 2.64. The third-order valence-corrected chi connectivity index (χ3v) is 3.88. The summed E-state index contributed by atoms with van der Waals surface area (Å²) in [7, 11) is 0. The lowest BCUT2D eigenvalue weighted by atomic mass is 10.1. The minimum absolute atomic E-state index is 0.0573. The van der Waals surface area contributed by atoms with Gasteiger partial charge in [-0.15, -0.1) is 0 Å². The van der Waals surface area contributed by atoms with E-state index in [2.05, 4.69) is 0 Å². The summed E-state index contributed by atoms with van der Waals surface area (Å²) in [5.74, 6) is -2.09. The van der Waals surface area contributed by atoms with E-state index in [1.165, 1.54) is 12.1 Å². The first-order valence-electron chi connectivity index (χ1n) is 7.71. The number of hydrogen-bond acceptors (Lipinski definition) is 3. The summed E-state index contributed by atoms with van der Waals surface area (Å²) in [5, 5.41) is 0. The second kappa shape index (κ2) is 7.25. The second-order valence-electron chi connectivity index (χ2n) is 5.63. The van der Waals surface area contributed by atoms with E-state index < -0.39 is 29.7 Å². The molecule has 25 heavy (non-hydrogen) atoms. The molecule has 1 aliphatic rings. The van der Waals surface area contributed by atoms with E-state index in [4.69, 9.17) is 4.74 Å². The molecule has 3 rings (SSSR count). The van der Waals surface area contributed by atoms with Crippen LogP contribution in [0, 0.1) is 11.6 Å². The summed E-state index contributed by atoms with van der Waals surface area (Å²) in [6.45, 7) is 0.109. The number of imide groups is 1. The van der Waals surface area contributed by atoms with Crippen LogP contribution in [0.4, 0.5) is 13.6 Å². The van der Waals surface area contributed by atoms with Crippen LogP contribution in [0.15, 0.2) is 54.6 Å². The van der Waals surface area contributed by atoms with Crippen LogP contribution in [0.2, 0.25) is 0 Å². The number of ether oxygens (including phenoxy) is 1. The smallest absolute Gasteiger partial charge is 0.417 e. The van der Waals surface area contributed by atoms with Crippen molar-refractivity contribution < 1.29 is 23.1 Å². The first-order valence-corrected chi connectivity index (χ1v) is 7.71. The standard InChI is InChI=1S/C19H15F2NO3/c20-15-8-6-14(17(21)11-15)7-9-18(23)22-16(12-25-19(22)24)10-13-4-2-1-3-5-13/h1-9,11,16H,10,12H2/t16-/m0/s1. The van der Waals surface area contributed by atoms with E-state index in [1.54, 1.807) is 0 Å². The predicted molar refractivity (Wildman–Crippen MR) is 87.5 cm³/mol. The number of halogens is 2. The van der Waals surface area contributed by atoms with Crippen LogP contribution in [0.25, 0.3) is 6.08 Å². The number of cyclic esters (lactones) is 1. The molecule has 1 fully saturated rings. The number of carbonyl (C=O) groups excluding carboxylic acids is 2. The molecule has 128 valence electrons. The van der Waals surface area contributed by atoms with Gasteiger partial charge in [0.1, 0.15) is 18.2 Å². The topological polar surface area (TPSA) is 46.6 Å². The molecule has 1 heterocycles. The number of nitrogens with zero attached hydrogens (tertiary/aromatic N) is 1. The Morgan fingerprint density at radius 3 is 2.68 bits per heavy atom. The molecule has 0 unspecified atom stereocenters. The van der Waals surface area contributed by atoms with E-state index in [0.717, 1.165) is 28.7 Å². The highest BCUT2D eigenvalue weighted by atomic mass is 19.1. The maximum absolute atomic E-state index is 13.6. The largest absolute Gasteiger partial charge is 0.447 e. The Hall–Kier alpha value is -3.02. The van der Waals surface area contributed by atoms with Gasteiger partial charge in [-0.2, -0.15) is 0 Å². The molecule has 6 heteroatoms. The first kappa shape index (κ1) is 16.8. The highest BCUT2D eigenvalue weighted by Gasteiger charge is 2.36. The lowest BCUT2D eigenvalue weighted by Gasteiger charge is -2.18. The molecule has 2 aromatic carbocycles. The summed E-state index contributed by atoms with van der Waals surface area (Å²) >= 11 is 0. The van der Waals surface area contributed by atoms with Crippen molar-refractivity contribution in [2.75, 3.05) is 6.61 Å². The Morgan fingerprint density at radius 1 is 1.20 bits per heavy atom. The van der Waals surface area contributed by atoms with E-state index in [-0.39, 0.29) is 12.2 Å². The van der Waals surface area contributed by atoms with Crippen molar-refractivity contribution in [3.63, 3.8) is 0 Å². The van der Waals surface area contributed by atoms with Crippen LogP contribution in [0.1, 0.15) is 11.1 Å². The maximum Gasteiger partial charge on any atom is 0.417 e. The molecule has 2 amide bonds. The molecule has 0 aromatic heterocycles. The zero-order chi connectivity index (χ0) is 17.8. The Labute approximate surface area is 143 Å². The van der Waals surface area contributed by atoms with Crippen molar-refractivity contribution in [1.29, 1.82) is 0 Å². The van der Waals surface area contributed by atoms with Gasteiger partial charge in [0, 0.05) is 17.7 Å². The van der Waals surface area contributed by atoms with Gasteiger partial charge in [0.15, 0.2) is 0 Å². The molecule has 1 atom stereocenters. The number of amides is 2. The average Bonchev–Trinajstić information content (AvgIpc) is 2.95. The van der Waals surface area contributed by atoms with Crippen LogP contribution in [-0.2, 0) is 16.0 Å². The summed E-state index contributed by atoms with van der Waals surface area (Å²) in [5.41, 5.74) is 1.03. The predicted octanol–water partition coefficient (Wildman–Crippen LogP) is 3.57. The molecule has 0 saturated carbocycles. The quantitative estimate of drug-likeness (QED) is 0.798. The molecular weight excluding hydrogens is 328 g/mol. The summed E-state index contributed by atoms with van der Waals surface area (Å²) in [6.07, 6.45) is 2.04. The number of rotatable bonds is 4. The van der Waals surface area contributed by atoms with E-state index in [0.29, 0.717) is 6.42 Å². The highest BCUT2D eigenvalue weighted by molar-refractivity contribution is 6.02. The SMILES string of the molecule is O=C(C=Cc1ccc(F)cc1F)N1C(=O)OC[C@@H]1Cc1ccccc1. The molecule has 1 aliphatic heterocycles. The van der Waals surface area contributed by atoms with Gasteiger partial charge in [-0.25, -0.2) is 18.5 Å². The third-order valence-electron chi connectivity index (χ3n) is 3.88. The third kappa shape index (κ3) is 3.91. The van der Waals surface area contributed by atoms with Crippen molar-refractivity contribution in [3.05, 3.63) is 77.4 Å². The van der Waals surface area contributed by atoms with Gasteiger partial charge in [0.05, 0.1) is 6.04 Å². The van der Waals surface area contributed by atoms with Crippen LogP contribution in [-0.4, -0.2) is 29.5 Å². The molecule has 4 nitrogen and oxygen atoms in total. The van der Waals surface area contributed by atoms with Crippen LogP contribution in [0.3, 0.4) is 0 Å². The van der Waals surface area contributed by atoms with Gasteiger partial charge >= 0.3 is 6.09 Å². The molecule has 2 aromatic rings. The van der Waals surface area contributed by atoms with Crippen LogP contribution < -0.4 is 0 Å². The van der Waals surface area contributed by atoms with E-state index in [1.807, 2.05) is 30.3 Å². The highest BCUT2D eigenvalue weighted by Crippen LogP contribution is 2.19. The van der Waals surface area contributed by atoms with Crippen molar-refractivity contribution in [3.8, 4) is 0 Å². The van der Waals surface area contributed by atoms with E-state index >= 15 is 0 Å². The molecule has 0 aliphatic carbocycles. The van der Waals surface area contributed by atoms with Crippen LogP contribution >= 0.6 is 0 Å². The van der Waals surface area contributed by atoms with Gasteiger partial charge in [0.2, 0.25) is 0 Å². The van der Waals surface area contributed by atoms with Crippen molar-refractivity contribution in [2.45, 2.75) is 12.5 Å². The summed E-state index contributed by atoms with van der Waals surface area (Å²) < 4.78 is 31.5. The monoisotopic (exact) mass is 343 g/mol. The molecule has 0 radical (unpaired) electrons. The number of benzene rings is 2. The molecule has 0 N–H and O–H groups in total. The first-order chi connectivity index (χ1) is 12.0. The number of carbonyl (C=O) groups is 2. The summed E-state index contributed by atoms with van der Waals surface area (Å²) in [4.78, 5) is 25.2. The molecular formula is C19H15F2NO3. The van der Waals surface area contributed by atoms with Crippen LogP contribution in [0.5, 0.6) is 0 Å². The Kier molecular flexibility index (Phi) is 4.88. The second-order valence-corrected chi connectivity index (χ2v) is 5.63. The number of hydrogen-bond donors (Lipinski definition) is 0. The van der Waals surface area contributed by atoms with Gasteiger partial charge in [-0.3, -0.25) is 4.79 Å². The summed E-state index contributed by atoms with van der Waals surface area (Å²) in [6, 6.07) is 12.0. The molecule has 0 spiro atoms. The lowest BCUT2D eigenvalue weighted by Crippen LogP contribution is -2.39. The zero-order valence-corrected chi connectivity index (χ0v) is 13.2. The average molecular weight is 343 g/mol.